The SMILES string of the molecule is CCNC(=NCC1CCCCN1CC)NCCc1ccc(OC)c(OC)c1.I. The molecule has 0 aliphatic carbocycles. The summed E-state index contributed by atoms with van der Waals surface area (Å²) in [7, 11) is 3.32. The van der Waals surface area contributed by atoms with E-state index in [2.05, 4.69) is 35.4 Å². The first-order valence-corrected chi connectivity index (χ1v) is 10.2. The molecule has 7 heteroatoms. The van der Waals surface area contributed by atoms with Gasteiger partial charge in [-0.15, -0.1) is 24.0 Å². The minimum absolute atomic E-state index is 0. The second kappa shape index (κ2) is 13.9. The number of ether oxygens (including phenoxy) is 2. The Bertz CT molecular complexity index is 598. The zero-order valence-electron chi connectivity index (χ0n) is 17.8. The van der Waals surface area contributed by atoms with Crippen molar-refractivity contribution in [3.8, 4) is 11.5 Å². The number of benzene rings is 1. The van der Waals surface area contributed by atoms with Gasteiger partial charge >= 0.3 is 0 Å². The molecule has 1 aliphatic heterocycles. The molecule has 1 fully saturated rings. The number of likely N-dealkylation sites (tertiary alicyclic amines) is 1. The first-order chi connectivity index (χ1) is 13.2. The number of rotatable bonds is 9. The van der Waals surface area contributed by atoms with Crippen molar-refractivity contribution in [3.05, 3.63) is 23.8 Å². The molecule has 1 aliphatic rings. The van der Waals surface area contributed by atoms with Crippen molar-refractivity contribution in [2.75, 3.05) is 46.9 Å². The van der Waals surface area contributed by atoms with E-state index in [0.717, 1.165) is 50.1 Å². The molecule has 0 saturated carbocycles. The molecule has 0 spiro atoms. The summed E-state index contributed by atoms with van der Waals surface area (Å²) in [4.78, 5) is 7.39. The second-order valence-corrected chi connectivity index (χ2v) is 6.86. The fourth-order valence-corrected chi connectivity index (χ4v) is 3.58. The van der Waals surface area contributed by atoms with Crippen molar-refractivity contribution >= 4 is 29.9 Å². The summed E-state index contributed by atoms with van der Waals surface area (Å²) >= 11 is 0. The van der Waals surface area contributed by atoms with Crippen LogP contribution >= 0.6 is 24.0 Å². The van der Waals surface area contributed by atoms with Gasteiger partial charge in [0.05, 0.1) is 20.8 Å². The van der Waals surface area contributed by atoms with Gasteiger partial charge in [0.1, 0.15) is 0 Å². The Balaban J connectivity index is 0.00000392. The fraction of sp³-hybridized carbons (Fsp3) is 0.667. The number of piperidine rings is 1. The van der Waals surface area contributed by atoms with Gasteiger partial charge in [0.2, 0.25) is 0 Å². The molecular formula is C21H37IN4O2. The molecule has 2 rings (SSSR count). The lowest BCUT2D eigenvalue weighted by Gasteiger charge is -2.34. The van der Waals surface area contributed by atoms with Gasteiger partial charge in [-0.2, -0.15) is 0 Å². The fourth-order valence-electron chi connectivity index (χ4n) is 3.58. The van der Waals surface area contributed by atoms with Gasteiger partial charge in [0.25, 0.3) is 0 Å². The lowest BCUT2D eigenvalue weighted by Crippen LogP contribution is -2.43. The van der Waals surface area contributed by atoms with Crippen LogP contribution in [0, 0.1) is 0 Å². The van der Waals surface area contributed by atoms with Crippen LogP contribution in [-0.4, -0.2) is 63.8 Å². The summed E-state index contributed by atoms with van der Waals surface area (Å²) < 4.78 is 10.7. The predicted molar refractivity (Wildman–Crippen MR) is 128 cm³/mol. The maximum absolute atomic E-state index is 5.38. The van der Waals surface area contributed by atoms with Crippen molar-refractivity contribution in [1.82, 2.24) is 15.5 Å². The van der Waals surface area contributed by atoms with Crippen LogP contribution in [0.1, 0.15) is 38.7 Å². The number of halogens is 1. The van der Waals surface area contributed by atoms with E-state index in [4.69, 9.17) is 14.5 Å². The summed E-state index contributed by atoms with van der Waals surface area (Å²) in [6.07, 6.45) is 4.79. The molecule has 0 aromatic heterocycles. The minimum atomic E-state index is 0. The molecule has 6 nitrogen and oxygen atoms in total. The number of methoxy groups -OCH3 is 2. The lowest BCUT2D eigenvalue weighted by molar-refractivity contribution is 0.161. The lowest BCUT2D eigenvalue weighted by atomic mass is 10.0. The highest BCUT2D eigenvalue weighted by Gasteiger charge is 2.20. The molecule has 1 heterocycles. The van der Waals surface area contributed by atoms with Crippen LogP contribution in [-0.2, 0) is 6.42 Å². The largest absolute Gasteiger partial charge is 0.493 e. The first-order valence-electron chi connectivity index (χ1n) is 10.2. The van der Waals surface area contributed by atoms with Crippen molar-refractivity contribution in [2.24, 2.45) is 4.99 Å². The van der Waals surface area contributed by atoms with E-state index in [9.17, 15) is 0 Å². The standard InChI is InChI=1S/C21H36N4O2.HI/c1-5-22-21(24-16-18-9-7-8-14-25(18)6-2)23-13-12-17-10-11-19(26-3)20(15-17)27-4;/h10-11,15,18H,5-9,12-14,16H2,1-4H3,(H2,22,23,24);1H. The molecule has 1 atom stereocenters. The maximum Gasteiger partial charge on any atom is 0.191 e. The number of nitrogens with one attached hydrogen (secondary N) is 2. The molecule has 1 unspecified atom stereocenters. The normalized spacial score (nSPS) is 17.6. The molecule has 0 amide bonds. The van der Waals surface area contributed by atoms with E-state index in [1.807, 2.05) is 12.1 Å². The Morgan fingerprint density at radius 1 is 1.14 bits per heavy atom. The smallest absolute Gasteiger partial charge is 0.191 e. The Kier molecular flexibility index (Phi) is 12.3. The molecule has 28 heavy (non-hydrogen) atoms. The summed E-state index contributed by atoms with van der Waals surface area (Å²) in [5.74, 6) is 2.43. The summed E-state index contributed by atoms with van der Waals surface area (Å²) in [6.45, 7) is 9.22. The summed E-state index contributed by atoms with van der Waals surface area (Å²) in [5.41, 5.74) is 1.21. The van der Waals surface area contributed by atoms with Crippen molar-refractivity contribution in [1.29, 1.82) is 0 Å². The number of aliphatic imine (C=N–C) groups is 1. The third kappa shape index (κ3) is 7.66. The molecule has 1 aromatic carbocycles. The maximum atomic E-state index is 5.38. The van der Waals surface area contributed by atoms with Crippen molar-refractivity contribution in [3.63, 3.8) is 0 Å². The van der Waals surface area contributed by atoms with Crippen LogP contribution in [0.3, 0.4) is 0 Å². The number of likely N-dealkylation sites (N-methyl/N-ethyl adjacent to an activating group) is 1. The minimum Gasteiger partial charge on any atom is -0.493 e. The van der Waals surface area contributed by atoms with Gasteiger partial charge in [-0.05, 0) is 57.0 Å². The molecular weight excluding hydrogens is 467 g/mol. The molecule has 1 saturated heterocycles. The Labute approximate surface area is 187 Å². The highest BCUT2D eigenvalue weighted by molar-refractivity contribution is 14.0. The number of hydrogen-bond acceptors (Lipinski definition) is 4. The van der Waals surface area contributed by atoms with Crippen LogP contribution in [0.5, 0.6) is 11.5 Å². The van der Waals surface area contributed by atoms with Gasteiger partial charge in [-0.25, -0.2) is 0 Å². The number of hydrogen-bond donors (Lipinski definition) is 2. The number of guanidine groups is 1. The monoisotopic (exact) mass is 504 g/mol. The Morgan fingerprint density at radius 2 is 1.93 bits per heavy atom. The Hall–Kier alpha value is -1.22. The van der Waals surface area contributed by atoms with Gasteiger partial charge in [0.15, 0.2) is 17.5 Å². The highest BCUT2D eigenvalue weighted by Crippen LogP contribution is 2.27. The van der Waals surface area contributed by atoms with Crippen LogP contribution in [0.25, 0.3) is 0 Å². The van der Waals surface area contributed by atoms with Gasteiger partial charge in [-0.1, -0.05) is 19.4 Å². The molecule has 2 N–H and O–H groups in total. The molecule has 1 aromatic rings. The molecule has 0 radical (unpaired) electrons. The van der Waals surface area contributed by atoms with E-state index in [1.165, 1.54) is 31.4 Å². The Morgan fingerprint density at radius 3 is 2.61 bits per heavy atom. The van der Waals surface area contributed by atoms with Crippen molar-refractivity contribution < 1.29 is 9.47 Å². The van der Waals surface area contributed by atoms with E-state index in [-0.39, 0.29) is 24.0 Å². The topological polar surface area (TPSA) is 58.1 Å². The third-order valence-corrected chi connectivity index (χ3v) is 5.11. The van der Waals surface area contributed by atoms with Crippen LogP contribution in [0.15, 0.2) is 23.2 Å². The average molecular weight is 504 g/mol. The van der Waals surface area contributed by atoms with E-state index < -0.39 is 0 Å². The molecule has 160 valence electrons. The predicted octanol–water partition coefficient (Wildman–Crippen LogP) is 3.29. The van der Waals surface area contributed by atoms with Gasteiger partial charge < -0.3 is 20.1 Å². The highest BCUT2D eigenvalue weighted by atomic mass is 127. The van der Waals surface area contributed by atoms with Crippen LogP contribution < -0.4 is 20.1 Å². The second-order valence-electron chi connectivity index (χ2n) is 6.86. The average Bonchev–Trinajstić information content (AvgIpc) is 2.72. The first kappa shape index (κ1) is 24.8. The van der Waals surface area contributed by atoms with E-state index in [0.29, 0.717) is 6.04 Å². The third-order valence-electron chi connectivity index (χ3n) is 5.11. The van der Waals surface area contributed by atoms with Crippen LogP contribution in [0.4, 0.5) is 0 Å². The quantitative estimate of drug-likeness (QED) is 0.307. The van der Waals surface area contributed by atoms with Crippen molar-refractivity contribution in [2.45, 2.75) is 45.6 Å². The number of nitrogens with zero attached hydrogens (tertiary/aromatic N) is 2. The zero-order chi connectivity index (χ0) is 19.5. The van der Waals surface area contributed by atoms with Gasteiger partial charge in [0, 0.05) is 19.1 Å². The zero-order valence-corrected chi connectivity index (χ0v) is 20.1. The summed E-state index contributed by atoms with van der Waals surface area (Å²) in [5, 5.41) is 6.81. The van der Waals surface area contributed by atoms with E-state index in [1.54, 1.807) is 14.2 Å². The summed E-state index contributed by atoms with van der Waals surface area (Å²) in [6, 6.07) is 6.64. The van der Waals surface area contributed by atoms with Gasteiger partial charge in [-0.3, -0.25) is 9.89 Å². The van der Waals surface area contributed by atoms with Crippen LogP contribution in [0.2, 0.25) is 0 Å². The van der Waals surface area contributed by atoms with E-state index >= 15 is 0 Å². The molecule has 0 bridgehead atoms.